The van der Waals surface area contributed by atoms with E-state index in [1.54, 1.807) is 11.3 Å². The van der Waals surface area contributed by atoms with Crippen LogP contribution in [0.15, 0.2) is 40.7 Å². The molecule has 0 fully saturated rings. The normalized spacial score (nSPS) is 12.4. The zero-order chi connectivity index (χ0) is 15.8. The van der Waals surface area contributed by atoms with Crippen molar-refractivity contribution in [3.63, 3.8) is 0 Å². The number of rotatable bonds is 6. The summed E-state index contributed by atoms with van der Waals surface area (Å²) < 4.78 is 0. The number of benzene rings is 1. The highest BCUT2D eigenvalue weighted by molar-refractivity contribution is 14.0. The number of aliphatic imine (C=N–C) groups is 1. The second-order valence-corrected chi connectivity index (χ2v) is 6.02. The number of thiazole rings is 1. The maximum absolute atomic E-state index is 4.67. The Morgan fingerprint density at radius 1 is 1.26 bits per heavy atom. The fourth-order valence-electron chi connectivity index (χ4n) is 1.91. The molecular formula is C17H25IN4S. The average Bonchev–Trinajstić information content (AvgIpc) is 3.02. The predicted molar refractivity (Wildman–Crippen MR) is 111 cm³/mol. The van der Waals surface area contributed by atoms with Crippen molar-refractivity contribution in [2.75, 3.05) is 6.54 Å². The van der Waals surface area contributed by atoms with Crippen LogP contribution in [0.25, 0.3) is 10.6 Å². The van der Waals surface area contributed by atoms with Crippen LogP contribution in [0.4, 0.5) is 0 Å². The molecule has 0 saturated carbocycles. The van der Waals surface area contributed by atoms with E-state index in [0.29, 0.717) is 12.6 Å². The zero-order valence-corrected chi connectivity index (χ0v) is 17.0. The molecule has 1 heterocycles. The molecule has 0 radical (unpaired) electrons. The van der Waals surface area contributed by atoms with Crippen LogP contribution >= 0.6 is 35.3 Å². The summed E-state index contributed by atoms with van der Waals surface area (Å²) in [6.45, 7) is 7.84. The van der Waals surface area contributed by atoms with Gasteiger partial charge in [-0.25, -0.2) is 9.98 Å². The van der Waals surface area contributed by atoms with E-state index >= 15 is 0 Å². The molecule has 0 aliphatic rings. The first-order chi connectivity index (χ1) is 10.7. The molecule has 23 heavy (non-hydrogen) atoms. The maximum Gasteiger partial charge on any atom is 0.191 e. The molecular weight excluding hydrogens is 419 g/mol. The van der Waals surface area contributed by atoms with Gasteiger partial charge in [-0.2, -0.15) is 0 Å². The lowest BCUT2D eigenvalue weighted by Crippen LogP contribution is -2.41. The molecule has 0 amide bonds. The van der Waals surface area contributed by atoms with E-state index in [2.05, 4.69) is 58.9 Å². The Labute approximate surface area is 159 Å². The summed E-state index contributed by atoms with van der Waals surface area (Å²) in [4.78, 5) is 9.29. The van der Waals surface area contributed by atoms with Gasteiger partial charge >= 0.3 is 0 Å². The molecule has 0 spiro atoms. The fraction of sp³-hybridized carbons (Fsp3) is 0.412. The van der Waals surface area contributed by atoms with Crippen LogP contribution in [0.3, 0.4) is 0 Å². The molecule has 0 saturated heterocycles. The molecule has 0 bridgehead atoms. The van der Waals surface area contributed by atoms with Gasteiger partial charge in [-0.3, -0.25) is 0 Å². The molecule has 2 rings (SSSR count). The molecule has 2 N–H and O–H groups in total. The minimum atomic E-state index is 0. The van der Waals surface area contributed by atoms with Crippen LogP contribution in [0.1, 0.15) is 32.9 Å². The van der Waals surface area contributed by atoms with Gasteiger partial charge in [-0.1, -0.05) is 37.3 Å². The van der Waals surface area contributed by atoms with E-state index in [9.17, 15) is 0 Å². The molecule has 1 aromatic heterocycles. The Morgan fingerprint density at radius 3 is 2.65 bits per heavy atom. The van der Waals surface area contributed by atoms with Crippen molar-refractivity contribution in [2.45, 2.75) is 39.8 Å². The zero-order valence-electron chi connectivity index (χ0n) is 13.9. The van der Waals surface area contributed by atoms with E-state index in [4.69, 9.17) is 0 Å². The Bertz CT molecular complexity index is 598. The van der Waals surface area contributed by atoms with E-state index in [1.165, 1.54) is 0 Å². The highest BCUT2D eigenvalue weighted by Gasteiger charge is 2.05. The van der Waals surface area contributed by atoms with Crippen LogP contribution in [-0.2, 0) is 6.54 Å². The SMILES string of the molecule is CCNC(=NCc1csc(-c2ccccc2)n1)NC(C)CC.I. The number of halogens is 1. The van der Waals surface area contributed by atoms with E-state index in [-0.39, 0.29) is 24.0 Å². The highest BCUT2D eigenvalue weighted by atomic mass is 127. The van der Waals surface area contributed by atoms with E-state index in [0.717, 1.165) is 35.2 Å². The van der Waals surface area contributed by atoms with E-state index < -0.39 is 0 Å². The first-order valence-electron chi connectivity index (χ1n) is 7.77. The molecule has 4 nitrogen and oxygen atoms in total. The highest BCUT2D eigenvalue weighted by Crippen LogP contribution is 2.23. The van der Waals surface area contributed by atoms with Crippen molar-refractivity contribution in [1.82, 2.24) is 15.6 Å². The number of nitrogens with zero attached hydrogens (tertiary/aromatic N) is 2. The van der Waals surface area contributed by atoms with Gasteiger partial charge in [0.2, 0.25) is 0 Å². The second kappa shape index (κ2) is 10.6. The van der Waals surface area contributed by atoms with Crippen LogP contribution in [0.5, 0.6) is 0 Å². The number of aromatic nitrogens is 1. The van der Waals surface area contributed by atoms with Crippen LogP contribution in [0.2, 0.25) is 0 Å². The second-order valence-electron chi connectivity index (χ2n) is 5.16. The van der Waals surface area contributed by atoms with Crippen LogP contribution in [-0.4, -0.2) is 23.5 Å². The quantitative estimate of drug-likeness (QED) is 0.397. The van der Waals surface area contributed by atoms with Gasteiger partial charge in [0.25, 0.3) is 0 Å². The van der Waals surface area contributed by atoms with Crippen molar-refractivity contribution in [2.24, 2.45) is 4.99 Å². The molecule has 1 atom stereocenters. The predicted octanol–water partition coefficient (Wildman–Crippen LogP) is 4.28. The first kappa shape index (κ1) is 19.9. The molecule has 1 aromatic carbocycles. The Kier molecular flexibility index (Phi) is 9.16. The first-order valence-corrected chi connectivity index (χ1v) is 8.65. The van der Waals surface area contributed by atoms with Gasteiger partial charge in [-0.15, -0.1) is 35.3 Å². The molecule has 1 unspecified atom stereocenters. The van der Waals surface area contributed by atoms with Crippen molar-refractivity contribution in [3.05, 3.63) is 41.4 Å². The lowest BCUT2D eigenvalue weighted by Gasteiger charge is -2.15. The Morgan fingerprint density at radius 2 is 2.00 bits per heavy atom. The molecule has 6 heteroatoms. The molecule has 126 valence electrons. The van der Waals surface area contributed by atoms with Gasteiger partial charge in [0.1, 0.15) is 5.01 Å². The number of hydrogen-bond donors (Lipinski definition) is 2. The molecule has 0 aliphatic carbocycles. The maximum atomic E-state index is 4.67. The summed E-state index contributed by atoms with van der Waals surface area (Å²) in [5.74, 6) is 0.853. The van der Waals surface area contributed by atoms with Crippen molar-refractivity contribution in [1.29, 1.82) is 0 Å². The summed E-state index contributed by atoms with van der Waals surface area (Å²) in [7, 11) is 0. The molecule has 2 aromatic rings. The topological polar surface area (TPSA) is 49.3 Å². The van der Waals surface area contributed by atoms with Gasteiger partial charge in [0, 0.05) is 23.5 Å². The number of nitrogens with one attached hydrogen (secondary N) is 2. The van der Waals surface area contributed by atoms with Crippen molar-refractivity contribution >= 4 is 41.3 Å². The monoisotopic (exact) mass is 444 g/mol. The number of hydrogen-bond acceptors (Lipinski definition) is 3. The van der Waals surface area contributed by atoms with Crippen molar-refractivity contribution in [3.8, 4) is 10.6 Å². The van der Waals surface area contributed by atoms with Gasteiger partial charge in [-0.05, 0) is 20.3 Å². The molecule has 0 aliphatic heterocycles. The third-order valence-corrected chi connectivity index (χ3v) is 4.25. The van der Waals surface area contributed by atoms with E-state index in [1.807, 2.05) is 18.2 Å². The fourth-order valence-corrected chi connectivity index (χ4v) is 2.73. The van der Waals surface area contributed by atoms with Gasteiger partial charge in [0.05, 0.1) is 12.2 Å². The lowest BCUT2D eigenvalue weighted by atomic mass is 10.2. The summed E-state index contributed by atoms with van der Waals surface area (Å²) in [6, 6.07) is 10.7. The van der Waals surface area contributed by atoms with Gasteiger partial charge in [0.15, 0.2) is 5.96 Å². The standard InChI is InChI=1S/C17H24N4S.HI/c1-4-13(3)20-17(18-5-2)19-11-15-12-22-16(21-15)14-9-7-6-8-10-14;/h6-10,12-13H,4-5,11H2,1-3H3,(H2,18,19,20);1H. The smallest absolute Gasteiger partial charge is 0.191 e. The van der Waals surface area contributed by atoms with Crippen molar-refractivity contribution < 1.29 is 0 Å². The lowest BCUT2D eigenvalue weighted by molar-refractivity contribution is 0.624. The van der Waals surface area contributed by atoms with Gasteiger partial charge < -0.3 is 10.6 Å². The van der Waals surface area contributed by atoms with Crippen LogP contribution < -0.4 is 10.6 Å². The summed E-state index contributed by atoms with van der Waals surface area (Å²) in [6.07, 6.45) is 1.07. The summed E-state index contributed by atoms with van der Waals surface area (Å²) >= 11 is 1.66. The number of guanidine groups is 1. The Hall–Kier alpha value is -1.15. The summed E-state index contributed by atoms with van der Waals surface area (Å²) in [5.41, 5.74) is 2.16. The third-order valence-electron chi connectivity index (χ3n) is 3.31. The minimum Gasteiger partial charge on any atom is -0.357 e. The minimum absolute atomic E-state index is 0. The summed E-state index contributed by atoms with van der Waals surface area (Å²) in [5, 5.41) is 9.79. The average molecular weight is 444 g/mol. The largest absolute Gasteiger partial charge is 0.357 e. The third kappa shape index (κ3) is 6.47. The van der Waals surface area contributed by atoms with Crippen LogP contribution in [0, 0.1) is 0 Å². The Balaban J connectivity index is 0.00000264.